The van der Waals surface area contributed by atoms with Crippen molar-refractivity contribution in [2.45, 2.75) is 40.0 Å². The number of rotatable bonds is 3. The molecule has 0 aromatic carbocycles. The van der Waals surface area contributed by atoms with Crippen molar-refractivity contribution in [3.8, 4) is 0 Å². The Morgan fingerprint density at radius 1 is 1.19 bits per heavy atom. The van der Waals surface area contributed by atoms with Gasteiger partial charge in [-0.3, -0.25) is 4.98 Å². The lowest BCUT2D eigenvalue weighted by Gasteiger charge is -2.02. The highest BCUT2D eigenvalue weighted by Gasteiger charge is 2.06. The summed E-state index contributed by atoms with van der Waals surface area (Å²) >= 11 is 0. The third kappa shape index (κ3) is 2.26. The molecular formula is C14H20N2. The zero-order valence-electron chi connectivity index (χ0n) is 10.5. The fraction of sp³-hybridized carbons (Fsp3) is 0.500. The van der Waals surface area contributed by atoms with Gasteiger partial charge in [-0.1, -0.05) is 27.7 Å². The number of nitrogens with zero attached hydrogens (tertiary/aromatic N) is 1. The molecule has 0 saturated heterocycles. The maximum atomic E-state index is 4.67. The lowest BCUT2D eigenvalue weighted by molar-refractivity contribution is 0.638. The molecule has 0 aliphatic carbocycles. The highest BCUT2D eigenvalue weighted by molar-refractivity contribution is 5.76. The average molecular weight is 216 g/mol. The summed E-state index contributed by atoms with van der Waals surface area (Å²) in [5.74, 6) is 1.17. The largest absolute Gasteiger partial charge is 0.357 e. The van der Waals surface area contributed by atoms with E-state index in [2.05, 4.69) is 55.9 Å². The molecule has 1 N–H and O–H groups in total. The van der Waals surface area contributed by atoms with E-state index in [4.69, 9.17) is 0 Å². The SMILES string of the molecule is CC(C)Cc1cc2nc(C(C)C)ccc2[nH]1. The van der Waals surface area contributed by atoms with Gasteiger partial charge < -0.3 is 4.98 Å². The van der Waals surface area contributed by atoms with Crippen molar-refractivity contribution in [1.29, 1.82) is 0 Å². The molecule has 0 amide bonds. The number of hydrogen-bond donors (Lipinski definition) is 1. The molecule has 0 fully saturated rings. The van der Waals surface area contributed by atoms with Crippen LogP contribution in [-0.2, 0) is 6.42 Å². The quantitative estimate of drug-likeness (QED) is 0.828. The molecule has 86 valence electrons. The van der Waals surface area contributed by atoms with Crippen LogP contribution in [0.4, 0.5) is 0 Å². The van der Waals surface area contributed by atoms with Crippen LogP contribution in [0.3, 0.4) is 0 Å². The van der Waals surface area contributed by atoms with Crippen LogP contribution in [0, 0.1) is 5.92 Å². The topological polar surface area (TPSA) is 28.7 Å². The van der Waals surface area contributed by atoms with Crippen LogP contribution in [0.25, 0.3) is 11.0 Å². The molecule has 2 rings (SSSR count). The van der Waals surface area contributed by atoms with Gasteiger partial charge in [-0.25, -0.2) is 0 Å². The van der Waals surface area contributed by atoms with E-state index in [0.717, 1.165) is 17.5 Å². The number of fused-ring (bicyclic) bond motifs is 1. The first-order valence-corrected chi connectivity index (χ1v) is 6.05. The average Bonchev–Trinajstić information content (AvgIpc) is 2.56. The predicted octanol–water partition coefficient (Wildman–Crippen LogP) is 3.88. The van der Waals surface area contributed by atoms with Crippen LogP contribution in [-0.4, -0.2) is 9.97 Å². The van der Waals surface area contributed by atoms with E-state index in [9.17, 15) is 0 Å². The number of hydrogen-bond acceptors (Lipinski definition) is 1. The molecule has 0 unspecified atom stereocenters. The van der Waals surface area contributed by atoms with Crippen molar-refractivity contribution < 1.29 is 0 Å². The van der Waals surface area contributed by atoms with E-state index in [1.165, 1.54) is 11.4 Å². The van der Waals surface area contributed by atoms with E-state index in [1.54, 1.807) is 0 Å². The van der Waals surface area contributed by atoms with Crippen molar-refractivity contribution >= 4 is 11.0 Å². The van der Waals surface area contributed by atoms with Gasteiger partial charge in [-0.15, -0.1) is 0 Å². The molecular weight excluding hydrogens is 196 g/mol. The molecule has 0 spiro atoms. The summed E-state index contributed by atoms with van der Waals surface area (Å²) in [6.45, 7) is 8.82. The third-order valence-electron chi connectivity index (χ3n) is 2.77. The van der Waals surface area contributed by atoms with Crippen LogP contribution in [0.2, 0.25) is 0 Å². The van der Waals surface area contributed by atoms with Crippen LogP contribution < -0.4 is 0 Å². The first kappa shape index (κ1) is 11.2. The second-order valence-corrected chi connectivity index (χ2v) is 5.22. The molecule has 2 heteroatoms. The molecule has 2 heterocycles. The van der Waals surface area contributed by atoms with Gasteiger partial charge in [-0.05, 0) is 36.5 Å². The minimum Gasteiger partial charge on any atom is -0.357 e. The van der Waals surface area contributed by atoms with Gasteiger partial charge in [0, 0.05) is 11.4 Å². The van der Waals surface area contributed by atoms with Gasteiger partial charge in [0.2, 0.25) is 0 Å². The highest BCUT2D eigenvalue weighted by atomic mass is 14.8. The standard InChI is InChI=1S/C14H20N2/c1-9(2)7-11-8-14-13(15-11)6-5-12(16-14)10(3)4/h5-6,8-10,15H,7H2,1-4H3. The van der Waals surface area contributed by atoms with Gasteiger partial charge in [-0.2, -0.15) is 0 Å². The molecule has 0 saturated carbocycles. The molecule has 0 bridgehead atoms. The minimum absolute atomic E-state index is 0.493. The van der Waals surface area contributed by atoms with E-state index in [0.29, 0.717) is 11.8 Å². The minimum atomic E-state index is 0.493. The smallest absolute Gasteiger partial charge is 0.0885 e. The number of aromatic amines is 1. The first-order chi connectivity index (χ1) is 7.56. The van der Waals surface area contributed by atoms with Crippen LogP contribution in [0.15, 0.2) is 18.2 Å². The maximum Gasteiger partial charge on any atom is 0.0885 e. The zero-order valence-corrected chi connectivity index (χ0v) is 10.5. The van der Waals surface area contributed by atoms with Crippen LogP contribution >= 0.6 is 0 Å². The summed E-state index contributed by atoms with van der Waals surface area (Å²) in [5.41, 5.74) is 4.71. The van der Waals surface area contributed by atoms with Crippen molar-refractivity contribution in [2.24, 2.45) is 5.92 Å². The van der Waals surface area contributed by atoms with E-state index >= 15 is 0 Å². The highest BCUT2D eigenvalue weighted by Crippen LogP contribution is 2.19. The van der Waals surface area contributed by atoms with Crippen molar-refractivity contribution in [2.75, 3.05) is 0 Å². The summed E-state index contributed by atoms with van der Waals surface area (Å²) < 4.78 is 0. The van der Waals surface area contributed by atoms with Crippen molar-refractivity contribution in [1.82, 2.24) is 9.97 Å². The number of pyridine rings is 1. The fourth-order valence-corrected chi connectivity index (χ4v) is 1.95. The monoisotopic (exact) mass is 216 g/mol. The van der Waals surface area contributed by atoms with Gasteiger partial charge in [0.05, 0.1) is 11.0 Å². The van der Waals surface area contributed by atoms with Crippen LogP contribution in [0.5, 0.6) is 0 Å². The Bertz CT molecular complexity index is 480. The summed E-state index contributed by atoms with van der Waals surface area (Å²) in [5, 5.41) is 0. The Morgan fingerprint density at radius 2 is 1.94 bits per heavy atom. The number of nitrogens with one attached hydrogen (secondary N) is 1. The molecule has 0 radical (unpaired) electrons. The fourth-order valence-electron chi connectivity index (χ4n) is 1.95. The predicted molar refractivity (Wildman–Crippen MR) is 68.7 cm³/mol. The Labute approximate surface area is 97.1 Å². The Kier molecular flexibility index (Phi) is 2.99. The second-order valence-electron chi connectivity index (χ2n) is 5.22. The zero-order chi connectivity index (χ0) is 11.7. The van der Waals surface area contributed by atoms with Crippen LogP contribution in [0.1, 0.15) is 45.0 Å². The first-order valence-electron chi connectivity index (χ1n) is 6.05. The second kappa shape index (κ2) is 4.28. The molecule has 2 aromatic heterocycles. The summed E-state index contributed by atoms with van der Waals surface area (Å²) in [6.07, 6.45) is 1.09. The summed E-state index contributed by atoms with van der Waals surface area (Å²) in [4.78, 5) is 8.10. The summed E-state index contributed by atoms with van der Waals surface area (Å²) in [7, 11) is 0. The number of H-pyrrole nitrogens is 1. The third-order valence-corrected chi connectivity index (χ3v) is 2.77. The van der Waals surface area contributed by atoms with Gasteiger partial charge in [0.25, 0.3) is 0 Å². The Morgan fingerprint density at radius 3 is 2.56 bits per heavy atom. The normalized spacial score (nSPS) is 11.9. The molecule has 2 nitrogen and oxygen atoms in total. The molecule has 0 aliphatic heterocycles. The van der Waals surface area contributed by atoms with Crippen molar-refractivity contribution in [3.63, 3.8) is 0 Å². The molecule has 0 atom stereocenters. The molecule has 16 heavy (non-hydrogen) atoms. The van der Waals surface area contributed by atoms with Gasteiger partial charge >= 0.3 is 0 Å². The Balaban J connectivity index is 2.38. The summed E-state index contributed by atoms with van der Waals surface area (Å²) in [6, 6.07) is 6.44. The molecule has 2 aromatic rings. The lowest BCUT2D eigenvalue weighted by Crippen LogP contribution is -1.93. The van der Waals surface area contributed by atoms with E-state index < -0.39 is 0 Å². The lowest BCUT2D eigenvalue weighted by atomic mass is 10.1. The van der Waals surface area contributed by atoms with Gasteiger partial charge in [0.1, 0.15) is 0 Å². The Hall–Kier alpha value is -1.31. The van der Waals surface area contributed by atoms with E-state index in [-0.39, 0.29) is 0 Å². The number of aromatic nitrogens is 2. The van der Waals surface area contributed by atoms with Crippen molar-refractivity contribution in [3.05, 3.63) is 29.6 Å². The van der Waals surface area contributed by atoms with E-state index in [1.807, 2.05) is 0 Å². The van der Waals surface area contributed by atoms with Gasteiger partial charge in [0.15, 0.2) is 0 Å². The maximum absolute atomic E-state index is 4.67. The molecule has 0 aliphatic rings.